The van der Waals surface area contributed by atoms with Gasteiger partial charge in [0, 0.05) is 5.69 Å². The van der Waals surface area contributed by atoms with Gasteiger partial charge in [-0.2, -0.15) is 13.2 Å². The first-order chi connectivity index (χ1) is 12.1. The predicted molar refractivity (Wildman–Crippen MR) is 82.0 cm³/mol. The van der Waals surface area contributed by atoms with E-state index in [4.69, 9.17) is 0 Å². The molecule has 0 bridgehead atoms. The summed E-state index contributed by atoms with van der Waals surface area (Å²) >= 11 is 0. The molecule has 1 aliphatic heterocycles. The van der Waals surface area contributed by atoms with Crippen molar-refractivity contribution in [1.29, 1.82) is 0 Å². The van der Waals surface area contributed by atoms with Gasteiger partial charge in [0.25, 0.3) is 11.8 Å². The number of hydrogen-bond acceptors (Lipinski definition) is 3. The number of alkyl halides is 3. The molecule has 0 spiro atoms. The van der Waals surface area contributed by atoms with Gasteiger partial charge in [0.1, 0.15) is 5.82 Å². The number of carbonyl (C=O) groups excluding carboxylic acids is 3. The Hall–Kier alpha value is -3.23. The largest absolute Gasteiger partial charge is 0.416 e. The van der Waals surface area contributed by atoms with E-state index >= 15 is 0 Å². The molecule has 3 amide bonds. The average molecular weight is 366 g/mol. The second kappa shape index (κ2) is 6.25. The van der Waals surface area contributed by atoms with Crippen LogP contribution in [0.4, 0.5) is 23.2 Å². The van der Waals surface area contributed by atoms with E-state index < -0.39 is 41.7 Å². The molecule has 1 heterocycles. The molecule has 2 N–H and O–H groups in total. The van der Waals surface area contributed by atoms with Crippen molar-refractivity contribution < 1.29 is 31.9 Å². The summed E-state index contributed by atoms with van der Waals surface area (Å²) in [5.41, 5.74) is -1.26. The predicted octanol–water partition coefficient (Wildman–Crippen LogP) is 2.91. The van der Waals surface area contributed by atoms with Crippen LogP contribution in [0.2, 0.25) is 0 Å². The summed E-state index contributed by atoms with van der Waals surface area (Å²) < 4.78 is 52.0. The summed E-state index contributed by atoms with van der Waals surface area (Å²) in [6.07, 6.45) is -5.44. The van der Waals surface area contributed by atoms with E-state index in [1.807, 2.05) is 0 Å². The maximum Gasteiger partial charge on any atom is 0.416 e. The highest BCUT2D eigenvalue weighted by atomic mass is 19.4. The van der Waals surface area contributed by atoms with Crippen molar-refractivity contribution in [3.63, 3.8) is 0 Å². The quantitative estimate of drug-likeness (QED) is 0.648. The number of fused-ring (bicyclic) bond motifs is 1. The molecule has 0 fully saturated rings. The number of carbonyl (C=O) groups is 3. The van der Waals surface area contributed by atoms with Crippen LogP contribution in [0.1, 0.15) is 31.8 Å². The van der Waals surface area contributed by atoms with Crippen LogP contribution in [-0.2, 0) is 17.4 Å². The Morgan fingerprint density at radius 2 is 1.69 bits per heavy atom. The molecule has 0 radical (unpaired) electrons. The lowest BCUT2D eigenvalue weighted by Gasteiger charge is -2.13. The fourth-order valence-corrected chi connectivity index (χ4v) is 2.59. The van der Waals surface area contributed by atoms with Crippen molar-refractivity contribution in [2.45, 2.75) is 12.6 Å². The molecule has 26 heavy (non-hydrogen) atoms. The number of imide groups is 1. The molecule has 9 heteroatoms. The van der Waals surface area contributed by atoms with Crippen molar-refractivity contribution >= 4 is 23.4 Å². The van der Waals surface area contributed by atoms with E-state index in [1.165, 1.54) is 18.2 Å². The molecule has 0 aromatic heterocycles. The number of rotatable bonds is 3. The van der Waals surface area contributed by atoms with E-state index in [9.17, 15) is 31.9 Å². The standard InChI is InChI=1S/C17H10F4N2O3/c18-9-2-1-8(13(6-9)17(19,20)21)5-14(24)22-10-3-4-11-12(7-10)16(26)23-15(11)25/h1-4,6-7H,5H2,(H,22,24)(H,23,25,26). The molecule has 3 rings (SSSR count). The maximum atomic E-state index is 13.1. The Balaban J connectivity index is 1.80. The molecule has 1 aliphatic rings. The van der Waals surface area contributed by atoms with Crippen LogP contribution in [0.3, 0.4) is 0 Å². The fourth-order valence-electron chi connectivity index (χ4n) is 2.59. The zero-order chi connectivity index (χ0) is 19.1. The molecular weight excluding hydrogens is 356 g/mol. The van der Waals surface area contributed by atoms with Crippen LogP contribution >= 0.6 is 0 Å². The summed E-state index contributed by atoms with van der Waals surface area (Å²) in [5, 5.41) is 4.44. The third-order valence-electron chi connectivity index (χ3n) is 3.75. The first kappa shape index (κ1) is 17.6. The Bertz CT molecular complexity index is 938. The lowest BCUT2D eigenvalue weighted by molar-refractivity contribution is -0.138. The highest BCUT2D eigenvalue weighted by Crippen LogP contribution is 2.33. The van der Waals surface area contributed by atoms with Gasteiger partial charge < -0.3 is 5.32 Å². The van der Waals surface area contributed by atoms with Gasteiger partial charge >= 0.3 is 6.18 Å². The van der Waals surface area contributed by atoms with Crippen molar-refractivity contribution in [3.05, 3.63) is 64.5 Å². The molecule has 134 valence electrons. The third kappa shape index (κ3) is 3.41. The summed E-state index contributed by atoms with van der Waals surface area (Å²) in [7, 11) is 0. The van der Waals surface area contributed by atoms with E-state index in [1.54, 1.807) is 0 Å². The van der Waals surface area contributed by atoms with Gasteiger partial charge in [-0.15, -0.1) is 0 Å². The van der Waals surface area contributed by atoms with Crippen LogP contribution in [0.25, 0.3) is 0 Å². The number of anilines is 1. The van der Waals surface area contributed by atoms with E-state index in [2.05, 4.69) is 10.6 Å². The minimum absolute atomic E-state index is 0.0607. The number of halogens is 4. The Morgan fingerprint density at radius 1 is 1.00 bits per heavy atom. The van der Waals surface area contributed by atoms with Gasteiger partial charge in [-0.25, -0.2) is 4.39 Å². The lowest BCUT2D eigenvalue weighted by Crippen LogP contribution is -2.20. The molecular formula is C17H10F4N2O3. The van der Waals surface area contributed by atoms with Crippen molar-refractivity contribution in [3.8, 4) is 0 Å². The molecule has 0 atom stereocenters. The monoisotopic (exact) mass is 366 g/mol. The van der Waals surface area contributed by atoms with Crippen molar-refractivity contribution in [2.75, 3.05) is 5.32 Å². The number of nitrogens with one attached hydrogen (secondary N) is 2. The van der Waals surface area contributed by atoms with E-state index in [-0.39, 0.29) is 22.4 Å². The van der Waals surface area contributed by atoms with Gasteiger partial charge in [0.15, 0.2) is 0 Å². The normalized spacial score (nSPS) is 13.4. The first-order valence-corrected chi connectivity index (χ1v) is 7.30. The smallest absolute Gasteiger partial charge is 0.326 e. The topological polar surface area (TPSA) is 75.3 Å². The van der Waals surface area contributed by atoms with E-state index in [0.717, 1.165) is 12.1 Å². The highest BCUT2D eigenvalue weighted by Gasteiger charge is 2.34. The molecule has 5 nitrogen and oxygen atoms in total. The zero-order valence-corrected chi connectivity index (χ0v) is 12.9. The summed E-state index contributed by atoms with van der Waals surface area (Å²) in [6.45, 7) is 0. The van der Waals surface area contributed by atoms with Crippen molar-refractivity contribution in [1.82, 2.24) is 5.32 Å². The third-order valence-corrected chi connectivity index (χ3v) is 3.75. The van der Waals surface area contributed by atoms with Gasteiger partial charge in [-0.3, -0.25) is 19.7 Å². The Labute approximate surface area is 144 Å². The molecule has 0 saturated carbocycles. The second-order valence-electron chi connectivity index (χ2n) is 5.57. The molecule has 0 unspecified atom stereocenters. The first-order valence-electron chi connectivity index (χ1n) is 7.30. The number of amides is 3. The van der Waals surface area contributed by atoms with Crippen LogP contribution < -0.4 is 10.6 Å². The maximum absolute atomic E-state index is 13.1. The Morgan fingerprint density at radius 3 is 2.38 bits per heavy atom. The van der Waals surface area contributed by atoms with Gasteiger partial charge in [0.2, 0.25) is 5.91 Å². The highest BCUT2D eigenvalue weighted by molar-refractivity contribution is 6.22. The van der Waals surface area contributed by atoms with Gasteiger partial charge in [-0.1, -0.05) is 6.07 Å². The summed E-state index contributed by atoms with van der Waals surface area (Å²) in [6, 6.07) is 5.99. The van der Waals surface area contributed by atoms with Crippen LogP contribution in [-0.4, -0.2) is 17.7 Å². The summed E-state index contributed by atoms with van der Waals surface area (Å²) in [4.78, 5) is 35.1. The van der Waals surface area contributed by atoms with E-state index in [0.29, 0.717) is 6.07 Å². The molecule has 2 aromatic rings. The second-order valence-corrected chi connectivity index (χ2v) is 5.57. The van der Waals surface area contributed by atoms with Gasteiger partial charge in [0.05, 0.1) is 23.1 Å². The van der Waals surface area contributed by atoms with Crippen LogP contribution in [0.5, 0.6) is 0 Å². The minimum Gasteiger partial charge on any atom is -0.326 e. The fraction of sp³-hybridized carbons (Fsp3) is 0.118. The molecule has 2 aromatic carbocycles. The average Bonchev–Trinajstić information content (AvgIpc) is 2.82. The van der Waals surface area contributed by atoms with Crippen molar-refractivity contribution in [2.24, 2.45) is 0 Å². The SMILES string of the molecule is O=C(Cc1ccc(F)cc1C(F)(F)F)Nc1ccc2c(c1)C(=O)NC2=O. The number of benzene rings is 2. The lowest BCUT2D eigenvalue weighted by atomic mass is 10.0. The molecule has 0 saturated heterocycles. The minimum atomic E-state index is -4.80. The molecule has 0 aliphatic carbocycles. The summed E-state index contributed by atoms with van der Waals surface area (Å²) in [5.74, 6) is -3.04. The number of hydrogen-bond donors (Lipinski definition) is 2. The van der Waals surface area contributed by atoms with Crippen LogP contribution in [0.15, 0.2) is 36.4 Å². The van der Waals surface area contributed by atoms with Crippen LogP contribution in [0, 0.1) is 5.82 Å². The Kier molecular flexibility index (Phi) is 4.23. The zero-order valence-electron chi connectivity index (χ0n) is 12.9. The van der Waals surface area contributed by atoms with Gasteiger partial charge in [-0.05, 0) is 35.9 Å².